The van der Waals surface area contributed by atoms with E-state index in [2.05, 4.69) is 42.7 Å². The Morgan fingerprint density at radius 3 is 2.27 bits per heavy atom. The summed E-state index contributed by atoms with van der Waals surface area (Å²) < 4.78 is 0. The van der Waals surface area contributed by atoms with E-state index in [0.29, 0.717) is 0 Å². The summed E-state index contributed by atoms with van der Waals surface area (Å²) in [7, 11) is 0. The Morgan fingerprint density at radius 2 is 1.80 bits per heavy atom. The minimum absolute atomic E-state index is 0.282. The maximum atomic E-state index is 4.00. The Hall–Kier alpha value is -1.50. The molecule has 15 heavy (non-hydrogen) atoms. The average molecular weight is 201 g/mol. The van der Waals surface area contributed by atoms with Crippen molar-refractivity contribution in [1.29, 1.82) is 0 Å². The summed E-state index contributed by atoms with van der Waals surface area (Å²) in [6.45, 7) is 11.9. The van der Waals surface area contributed by atoms with Gasteiger partial charge in [0, 0.05) is 5.70 Å². The molecule has 1 aromatic rings. The molecule has 0 aliphatic rings. The molecule has 0 heterocycles. The zero-order valence-corrected chi connectivity index (χ0v) is 9.59. The van der Waals surface area contributed by atoms with Crippen LogP contribution in [0.2, 0.25) is 0 Å². The van der Waals surface area contributed by atoms with Crippen molar-refractivity contribution in [3.8, 4) is 0 Å². The van der Waals surface area contributed by atoms with E-state index in [0.717, 1.165) is 17.7 Å². The van der Waals surface area contributed by atoms with Crippen molar-refractivity contribution in [2.24, 2.45) is 0 Å². The lowest BCUT2D eigenvalue weighted by Crippen LogP contribution is -2.30. The Balaban J connectivity index is 2.67. The SMILES string of the molecule is C=C(C)NC(Cc1ccccc1)C(=C)C. The topological polar surface area (TPSA) is 12.0 Å². The molecule has 0 bridgehead atoms. The van der Waals surface area contributed by atoms with Crippen molar-refractivity contribution in [1.82, 2.24) is 5.32 Å². The van der Waals surface area contributed by atoms with Crippen LogP contribution in [0.15, 0.2) is 54.8 Å². The molecule has 1 atom stereocenters. The van der Waals surface area contributed by atoms with Crippen LogP contribution < -0.4 is 5.32 Å². The number of nitrogens with one attached hydrogen (secondary N) is 1. The van der Waals surface area contributed by atoms with Crippen LogP contribution in [-0.2, 0) is 6.42 Å². The Kier molecular flexibility index (Phi) is 4.17. The minimum atomic E-state index is 0.282. The molecule has 80 valence electrons. The van der Waals surface area contributed by atoms with Gasteiger partial charge in [-0.1, -0.05) is 49.1 Å². The first-order chi connectivity index (χ1) is 7.09. The van der Waals surface area contributed by atoms with E-state index in [1.165, 1.54) is 5.56 Å². The van der Waals surface area contributed by atoms with Crippen LogP contribution in [0.5, 0.6) is 0 Å². The lowest BCUT2D eigenvalue weighted by Gasteiger charge is -2.20. The van der Waals surface area contributed by atoms with Gasteiger partial charge in [-0.25, -0.2) is 0 Å². The maximum absolute atomic E-state index is 4.00. The summed E-state index contributed by atoms with van der Waals surface area (Å²) in [6, 6.07) is 10.7. The minimum Gasteiger partial charge on any atom is -0.382 e. The molecule has 1 heteroatoms. The van der Waals surface area contributed by atoms with Crippen LogP contribution in [0.1, 0.15) is 19.4 Å². The molecule has 1 aromatic carbocycles. The summed E-state index contributed by atoms with van der Waals surface area (Å²) in [4.78, 5) is 0. The number of hydrogen-bond donors (Lipinski definition) is 1. The molecule has 0 aliphatic carbocycles. The van der Waals surface area contributed by atoms with Crippen molar-refractivity contribution in [3.63, 3.8) is 0 Å². The van der Waals surface area contributed by atoms with E-state index in [9.17, 15) is 0 Å². The molecule has 0 aliphatic heterocycles. The van der Waals surface area contributed by atoms with E-state index in [1.54, 1.807) is 0 Å². The average Bonchev–Trinajstić information content (AvgIpc) is 2.17. The van der Waals surface area contributed by atoms with E-state index in [1.807, 2.05) is 19.9 Å². The zero-order valence-electron chi connectivity index (χ0n) is 9.59. The number of hydrogen-bond acceptors (Lipinski definition) is 1. The lowest BCUT2D eigenvalue weighted by molar-refractivity contribution is 0.637. The first-order valence-electron chi connectivity index (χ1n) is 5.21. The third kappa shape index (κ3) is 4.03. The molecular formula is C14H19N. The molecule has 0 spiro atoms. The fourth-order valence-corrected chi connectivity index (χ4v) is 1.50. The van der Waals surface area contributed by atoms with E-state index >= 15 is 0 Å². The van der Waals surface area contributed by atoms with Gasteiger partial charge in [-0.3, -0.25) is 0 Å². The molecule has 0 fully saturated rings. The Bertz CT molecular complexity index is 338. The Labute approximate surface area is 92.5 Å². The largest absolute Gasteiger partial charge is 0.382 e. The predicted octanol–water partition coefficient (Wildman–Crippen LogP) is 3.30. The standard InChI is InChI=1S/C14H19N/c1-11(2)14(15-12(3)4)10-13-8-6-5-7-9-13/h5-9,14-15H,1,3,10H2,2,4H3. The molecular weight excluding hydrogens is 182 g/mol. The van der Waals surface area contributed by atoms with Crippen LogP contribution in [0, 0.1) is 0 Å². The van der Waals surface area contributed by atoms with E-state index < -0.39 is 0 Å². The summed E-state index contributed by atoms with van der Waals surface area (Å²) >= 11 is 0. The molecule has 1 rings (SSSR count). The van der Waals surface area contributed by atoms with Gasteiger partial charge in [0.25, 0.3) is 0 Å². The number of benzene rings is 1. The second-order valence-electron chi connectivity index (χ2n) is 4.01. The number of rotatable bonds is 5. The van der Waals surface area contributed by atoms with Gasteiger partial charge in [-0.15, -0.1) is 0 Å². The molecule has 0 aromatic heterocycles. The van der Waals surface area contributed by atoms with Gasteiger partial charge in [0.1, 0.15) is 0 Å². The molecule has 1 nitrogen and oxygen atoms in total. The zero-order chi connectivity index (χ0) is 11.3. The Morgan fingerprint density at radius 1 is 1.20 bits per heavy atom. The van der Waals surface area contributed by atoms with Crippen LogP contribution in [0.3, 0.4) is 0 Å². The van der Waals surface area contributed by atoms with Crippen molar-refractivity contribution in [2.45, 2.75) is 26.3 Å². The van der Waals surface area contributed by atoms with Crippen LogP contribution in [-0.4, -0.2) is 6.04 Å². The van der Waals surface area contributed by atoms with Gasteiger partial charge >= 0.3 is 0 Å². The summed E-state index contributed by atoms with van der Waals surface area (Å²) in [5.74, 6) is 0. The fraction of sp³-hybridized carbons (Fsp3) is 0.286. The molecule has 1 N–H and O–H groups in total. The van der Waals surface area contributed by atoms with Crippen molar-refractivity contribution < 1.29 is 0 Å². The first-order valence-corrected chi connectivity index (χ1v) is 5.21. The maximum Gasteiger partial charge on any atom is 0.0505 e. The quantitative estimate of drug-likeness (QED) is 0.721. The third-order valence-corrected chi connectivity index (χ3v) is 2.30. The van der Waals surface area contributed by atoms with E-state index in [-0.39, 0.29) is 6.04 Å². The monoisotopic (exact) mass is 201 g/mol. The third-order valence-electron chi connectivity index (χ3n) is 2.30. The second kappa shape index (κ2) is 5.40. The van der Waals surface area contributed by atoms with Gasteiger partial charge in [-0.05, 0) is 25.8 Å². The highest BCUT2D eigenvalue weighted by Gasteiger charge is 2.08. The smallest absolute Gasteiger partial charge is 0.0505 e. The first kappa shape index (κ1) is 11.6. The number of allylic oxidation sites excluding steroid dienone is 1. The summed E-state index contributed by atoms with van der Waals surface area (Å²) in [5, 5.41) is 3.33. The van der Waals surface area contributed by atoms with Gasteiger partial charge in [0.15, 0.2) is 0 Å². The van der Waals surface area contributed by atoms with Crippen molar-refractivity contribution in [2.75, 3.05) is 0 Å². The van der Waals surface area contributed by atoms with Gasteiger partial charge in [-0.2, -0.15) is 0 Å². The molecule has 0 radical (unpaired) electrons. The van der Waals surface area contributed by atoms with E-state index in [4.69, 9.17) is 0 Å². The fourth-order valence-electron chi connectivity index (χ4n) is 1.50. The molecule has 0 saturated carbocycles. The highest BCUT2D eigenvalue weighted by atomic mass is 14.9. The van der Waals surface area contributed by atoms with Crippen LogP contribution in [0.25, 0.3) is 0 Å². The molecule has 0 saturated heterocycles. The summed E-state index contributed by atoms with van der Waals surface area (Å²) in [5.41, 5.74) is 3.44. The highest BCUT2D eigenvalue weighted by Crippen LogP contribution is 2.09. The van der Waals surface area contributed by atoms with Gasteiger partial charge in [0.2, 0.25) is 0 Å². The predicted molar refractivity (Wildman–Crippen MR) is 66.7 cm³/mol. The van der Waals surface area contributed by atoms with Crippen LogP contribution >= 0.6 is 0 Å². The normalized spacial score (nSPS) is 11.9. The molecule has 1 unspecified atom stereocenters. The lowest BCUT2D eigenvalue weighted by atomic mass is 10.0. The highest BCUT2D eigenvalue weighted by molar-refractivity contribution is 5.20. The van der Waals surface area contributed by atoms with Crippen molar-refractivity contribution >= 4 is 0 Å². The second-order valence-corrected chi connectivity index (χ2v) is 4.01. The van der Waals surface area contributed by atoms with Gasteiger partial charge in [0.05, 0.1) is 6.04 Å². The summed E-state index contributed by atoms with van der Waals surface area (Å²) in [6.07, 6.45) is 0.961. The van der Waals surface area contributed by atoms with Gasteiger partial charge < -0.3 is 5.32 Å². The van der Waals surface area contributed by atoms with Crippen LogP contribution in [0.4, 0.5) is 0 Å². The molecule has 0 amide bonds. The van der Waals surface area contributed by atoms with Crippen molar-refractivity contribution in [3.05, 3.63) is 60.3 Å².